The molecule has 2 saturated carbocycles. The van der Waals surface area contributed by atoms with Gasteiger partial charge in [-0.25, -0.2) is 22.8 Å². The van der Waals surface area contributed by atoms with E-state index < -0.39 is 68.7 Å². The van der Waals surface area contributed by atoms with Gasteiger partial charge in [-0.1, -0.05) is 38.8 Å². The van der Waals surface area contributed by atoms with Gasteiger partial charge in [-0.3, -0.25) is 23.9 Å². The highest BCUT2D eigenvalue weighted by atomic mass is 32.2. The van der Waals surface area contributed by atoms with Gasteiger partial charge in [0.15, 0.2) is 0 Å². The van der Waals surface area contributed by atoms with Gasteiger partial charge in [0.05, 0.1) is 36.7 Å². The fourth-order valence-electron chi connectivity index (χ4n) is 9.13. The van der Waals surface area contributed by atoms with Crippen molar-refractivity contribution >= 4 is 55.9 Å². The third-order valence-corrected chi connectivity index (χ3v) is 15.8. The van der Waals surface area contributed by atoms with Crippen LogP contribution in [0.2, 0.25) is 0 Å². The molecule has 4 amide bonds. The zero-order valence-electron chi connectivity index (χ0n) is 35.9. The molecular weight excluding hydrogens is 836 g/mol. The van der Waals surface area contributed by atoms with Gasteiger partial charge in [-0.2, -0.15) is 0 Å². The predicted molar refractivity (Wildman–Crippen MR) is 233 cm³/mol. The van der Waals surface area contributed by atoms with Crippen molar-refractivity contribution in [3.05, 3.63) is 47.0 Å². The normalized spacial score (nSPS) is 27.2. The number of nitrogens with one attached hydrogen (secondary N) is 2. The molecule has 1 aromatic carbocycles. The Balaban J connectivity index is 1.14. The van der Waals surface area contributed by atoms with Gasteiger partial charge in [0.25, 0.3) is 5.91 Å². The lowest BCUT2D eigenvalue weighted by molar-refractivity contribution is -0.146. The number of benzene rings is 1. The molecule has 8 rings (SSSR count). The Morgan fingerprint density at radius 2 is 1.87 bits per heavy atom. The van der Waals surface area contributed by atoms with Gasteiger partial charge < -0.3 is 24.6 Å². The van der Waals surface area contributed by atoms with E-state index in [0.717, 1.165) is 24.1 Å². The largest absolute Gasteiger partial charge is 0.496 e. The fraction of sp³-hybridized carbons (Fsp3) is 0.600. The van der Waals surface area contributed by atoms with Gasteiger partial charge in [0.1, 0.15) is 46.1 Å². The molecule has 0 radical (unpaired) electrons. The minimum atomic E-state index is -3.92. The molecule has 2 unspecified atom stereocenters. The maximum Gasteiger partial charge on any atom is 0.259 e. The van der Waals surface area contributed by atoms with E-state index in [2.05, 4.69) is 23.9 Å². The van der Waals surface area contributed by atoms with Gasteiger partial charge >= 0.3 is 0 Å². The molecule has 14 nitrogen and oxygen atoms in total. The number of nitrogens with zero attached hydrogens (tertiary/aromatic N) is 4. The molecule has 2 aliphatic carbocycles. The number of alkyl halides is 1. The van der Waals surface area contributed by atoms with Crippen LogP contribution in [0.25, 0.3) is 21.6 Å². The van der Waals surface area contributed by atoms with Crippen LogP contribution in [0.4, 0.5) is 4.39 Å². The minimum absolute atomic E-state index is 0.000494. The highest BCUT2D eigenvalue weighted by Gasteiger charge is 2.62. The molecule has 4 fully saturated rings. The molecule has 2 N–H and O–H groups in total. The molecule has 3 aliphatic heterocycles. The SMILES string of the molecule is COc1ccc2c(O[C@@H]3C[C@H]4C(=O)NC5(C(=O)NS(=O)(=O)C6CC6)C[C@H]5C=CCCCCC[C@H](CC(=O)N5CCCC(F)C5)C(=O)N4C3)cc(-c3nc(C(C)C)cs3)nc2c1C. The number of aryl methyl sites for hydroxylation is 1. The smallest absolute Gasteiger partial charge is 0.259 e. The quantitative estimate of drug-likeness (QED) is 0.226. The lowest BCUT2D eigenvalue weighted by Gasteiger charge is -2.32. The Morgan fingerprint density at radius 1 is 1.06 bits per heavy atom. The lowest BCUT2D eigenvalue weighted by atomic mass is 9.94. The lowest BCUT2D eigenvalue weighted by Crippen LogP contribution is -2.57. The Morgan fingerprint density at radius 3 is 2.60 bits per heavy atom. The Labute approximate surface area is 366 Å². The van der Waals surface area contributed by atoms with Crippen LogP contribution in [0.1, 0.15) is 108 Å². The average Bonchev–Trinajstić information content (AvgIpc) is 4.12. The average molecular weight is 893 g/mol. The van der Waals surface area contributed by atoms with Crippen molar-refractivity contribution in [3.8, 4) is 22.2 Å². The zero-order chi connectivity index (χ0) is 43.9. The number of hydrogen-bond acceptors (Lipinski definition) is 11. The van der Waals surface area contributed by atoms with Crippen molar-refractivity contribution in [1.29, 1.82) is 0 Å². The third-order valence-electron chi connectivity index (χ3n) is 13.1. The Hall–Kier alpha value is -4.64. The number of hydrogen-bond donors (Lipinski definition) is 2. The highest BCUT2D eigenvalue weighted by Crippen LogP contribution is 2.46. The van der Waals surface area contributed by atoms with Crippen molar-refractivity contribution in [2.75, 3.05) is 26.7 Å². The summed E-state index contributed by atoms with van der Waals surface area (Å²) in [4.78, 5) is 70.1. The number of likely N-dealkylation sites (tertiary alicyclic amines) is 1. The molecule has 17 heteroatoms. The summed E-state index contributed by atoms with van der Waals surface area (Å²) in [5.74, 6) is -1.98. The molecular formula is C45H57FN6O8S2. The fourth-order valence-corrected chi connectivity index (χ4v) is 11.4. The summed E-state index contributed by atoms with van der Waals surface area (Å²) in [7, 11) is -2.32. The monoisotopic (exact) mass is 892 g/mol. The van der Waals surface area contributed by atoms with Gasteiger partial charge in [-0.05, 0) is 76.3 Å². The number of ether oxygens (including phenoxy) is 2. The van der Waals surface area contributed by atoms with Gasteiger partial charge in [-0.15, -0.1) is 11.3 Å². The van der Waals surface area contributed by atoms with Crippen LogP contribution in [-0.2, 0) is 29.2 Å². The van der Waals surface area contributed by atoms with Gasteiger partial charge in [0, 0.05) is 53.6 Å². The summed E-state index contributed by atoms with van der Waals surface area (Å²) < 4.78 is 55.2. The number of halogens is 1. The minimum Gasteiger partial charge on any atom is -0.496 e. The summed E-state index contributed by atoms with van der Waals surface area (Å²) in [6.45, 7) is 6.47. The first kappa shape index (κ1) is 44.0. The molecule has 6 atom stereocenters. The maximum atomic E-state index is 14.9. The number of aromatic nitrogens is 2. The highest BCUT2D eigenvalue weighted by molar-refractivity contribution is 7.91. The molecule has 0 bridgehead atoms. The van der Waals surface area contributed by atoms with Crippen LogP contribution in [0.5, 0.6) is 11.5 Å². The summed E-state index contributed by atoms with van der Waals surface area (Å²) in [5, 5.41) is 5.71. The van der Waals surface area contributed by atoms with Gasteiger partial charge in [0.2, 0.25) is 27.7 Å². The number of methoxy groups -OCH3 is 1. The van der Waals surface area contributed by atoms with E-state index in [9.17, 15) is 32.0 Å². The number of carbonyl (C=O) groups is 4. The van der Waals surface area contributed by atoms with Crippen LogP contribution in [0, 0.1) is 18.8 Å². The van der Waals surface area contributed by atoms with E-state index in [1.54, 1.807) is 7.11 Å². The van der Waals surface area contributed by atoms with Crippen molar-refractivity contribution in [1.82, 2.24) is 29.8 Å². The first-order valence-corrected chi connectivity index (χ1v) is 24.5. The number of sulfonamides is 1. The van der Waals surface area contributed by atoms with E-state index in [1.165, 1.54) is 21.1 Å². The van der Waals surface area contributed by atoms with E-state index in [4.69, 9.17) is 19.4 Å². The maximum absolute atomic E-state index is 14.9. The number of amides is 4. The van der Waals surface area contributed by atoms with E-state index in [1.807, 2.05) is 42.7 Å². The summed E-state index contributed by atoms with van der Waals surface area (Å²) in [6.07, 6.45) is 7.33. The number of carbonyl (C=O) groups excluding carboxylic acids is 4. The summed E-state index contributed by atoms with van der Waals surface area (Å²) in [6, 6.07) is 4.42. The standard InChI is InChI=1S/C45H57FN6O8S2/c1-26(2)35-25-61-42(48-35)34-21-38(33-16-17-37(59-4)27(3)40(33)47-34)60-31-20-36-41(54)49-45(44(56)50-62(57,58)32-14-15-32)22-29(45)12-9-7-5-6-8-11-28(43(55)52(36)24-31)19-39(53)51-18-10-13-30(46)23-51/h9,12,16-17,21,25-26,28-32,36H,5-8,10-11,13-15,18-20,22-24H2,1-4H3,(H,49,54)(H,50,56)/t28-,29-,30?,31-,36+,45?/m1/s1. The number of piperidine rings is 1. The second-order valence-electron chi connectivity index (χ2n) is 18.0. The number of rotatable bonds is 10. The first-order valence-electron chi connectivity index (χ1n) is 22.0. The molecule has 2 aromatic heterocycles. The second kappa shape index (κ2) is 17.9. The topological polar surface area (TPSA) is 177 Å². The second-order valence-corrected chi connectivity index (χ2v) is 20.8. The van der Waals surface area contributed by atoms with Crippen molar-refractivity contribution in [2.24, 2.45) is 11.8 Å². The molecule has 2 saturated heterocycles. The summed E-state index contributed by atoms with van der Waals surface area (Å²) in [5.41, 5.74) is 1.45. The van der Waals surface area contributed by atoms with Crippen LogP contribution < -0.4 is 19.5 Å². The number of pyridine rings is 1. The number of fused-ring (bicyclic) bond motifs is 3. The van der Waals surface area contributed by atoms with Crippen molar-refractivity contribution < 1.29 is 41.5 Å². The van der Waals surface area contributed by atoms with Crippen LogP contribution in [-0.4, -0.2) is 108 Å². The van der Waals surface area contributed by atoms with E-state index >= 15 is 0 Å². The molecule has 5 aliphatic rings. The van der Waals surface area contributed by atoms with Crippen molar-refractivity contribution in [3.63, 3.8) is 0 Å². The molecule has 62 heavy (non-hydrogen) atoms. The van der Waals surface area contributed by atoms with Crippen LogP contribution in [0.3, 0.4) is 0 Å². The zero-order valence-corrected chi connectivity index (χ0v) is 37.5. The third kappa shape index (κ3) is 9.20. The Kier molecular flexibility index (Phi) is 12.7. The molecule has 5 heterocycles. The first-order chi connectivity index (χ1) is 29.7. The molecule has 334 valence electrons. The number of thiazole rings is 1. The Bertz CT molecular complexity index is 2370. The molecule has 3 aromatic rings. The number of allylic oxidation sites excluding steroid dienone is 1. The van der Waals surface area contributed by atoms with Crippen molar-refractivity contribution in [2.45, 2.75) is 133 Å². The van der Waals surface area contributed by atoms with E-state index in [0.29, 0.717) is 84.6 Å². The van der Waals surface area contributed by atoms with Crippen LogP contribution in [0.15, 0.2) is 35.7 Å². The van der Waals surface area contributed by atoms with Crippen LogP contribution >= 0.6 is 11.3 Å². The summed E-state index contributed by atoms with van der Waals surface area (Å²) >= 11 is 1.48. The predicted octanol–water partition coefficient (Wildman–Crippen LogP) is 6.12. The van der Waals surface area contributed by atoms with E-state index in [-0.39, 0.29) is 44.2 Å². The molecule has 0 spiro atoms.